The van der Waals surface area contributed by atoms with Crippen molar-refractivity contribution >= 4 is 21.5 Å². The predicted octanol–water partition coefficient (Wildman–Crippen LogP) is 8.58. The smallest absolute Gasteiger partial charge is 0.198 e. The van der Waals surface area contributed by atoms with Crippen molar-refractivity contribution in [3.63, 3.8) is 0 Å². The van der Waals surface area contributed by atoms with Gasteiger partial charge < -0.3 is 0 Å². The van der Waals surface area contributed by atoms with Gasteiger partial charge in [-0.2, -0.15) is 0 Å². The van der Waals surface area contributed by atoms with Crippen molar-refractivity contribution in [3.05, 3.63) is 107 Å². The van der Waals surface area contributed by atoms with E-state index in [1.54, 1.807) is 6.07 Å². The van der Waals surface area contributed by atoms with Gasteiger partial charge in [0, 0.05) is 33.4 Å². The molecular formula is C26H9F9. The van der Waals surface area contributed by atoms with Crippen LogP contribution in [0, 0.1) is 52.4 Å². The highest BCUT2D eigenvalue weighted by Gasteiger charge is 2.32. The molecule has 0 unspecified atom stereocenters. The second-order valence-corrected chi connectivity index (χ2v) is 7.63. The largest absolute Gasteiger partial charge is 0.206 e. The standard InChI is InChI=1S/C26H9F9/c27-12-8-4-7-11-15(10-5-2-1-3-6-10)18-19(24(33)26(35)25(34)23(18)32)17(16(11)12)20-21(30)13(28)9-14(29)22(20)31/h1-9H. The summed E-state index contributed by atoms with van der Waals surface area (Å²) in [4.78, 5) is 0. The summed E-state index contributed by atoms with van der Waals surface area (Å²) in [6.45, 7) is 0. The Balaban J connectivity index is 2.22. The van der Waals surface area contributed by atoms with Gasteiger partial charge in [0.1, 0.15) is 5.82 Å². The van der Waals surface area contributed by atoms with Gasteiger partial charge in [-0.25, -0.2) is 39.5 Å². The van der Waals surface area contributed by atoms with Crippen molar-refractivity contribution in [2.45, 2.75) is 0 Å². The molecule has 0 N–H and O–H groups in total. The van der Waals surface area contributed by atoms with Crippen molar-refractivity contribution in [2.24, 2.45) is 0 Å². The molecule has 0 radical (unpaired) electrons. The van der Waals surface area contributed by atoms with Crippen molar-refractivity contribution in [1.29, 1.82) is 0 Å². The molecule has 0 bridgehead atoms. The Hall–Kier alpha value is -4.01. The molecule has 0 nitrogen and oxygen atoms in total. The number of halogens is 9. The number of benzene rings is 5. The average molecular weight is 492 g/mol. The fraction of sp³-hybridized carbons (Fsp3) is 0. The highest BCUT2D eigenvalue weighted by atomic mass is 19.2. The molecule has 176 valence electrons. The van der Waals surface area contributed by atoms with Crippen molar-refractivity contribution in [3.8, 4) is 22.3 Å². The van der Waals surface area contributed by atoms with Crippen LogP contribution in [0.25, 0.3) is 43.8 Å². The van der Waals surface area contributed by atoms with Gasteiger partial charge in [0.05, 0.1) is 5.56 Å². The fourth-order valence-corrected chi connectivity index (χ4v) is 4.29. The van der Waals surface area contributed by atoms with E-state index in [1.165, 1.54) is 24.3 Å². The zero-order chi connectivity index (χ0) is 25.2. The topological polar surface area (TPSA) is 0 Å². The summed E-state index contributed by atoms with van der Waals surface area (Å²) in [5.74, 6) is -17.9. The molecule has 5 aromatic rings. The lowest BCUT2D eigenvalue weighted by Crippen LogP contribution is -2.06. The summed E-state index contributed by atoms with van der Waals surface area (Å²) in [5.41, 5.74) is -3.05. The lowest BCUT2D eigenvalue weighted by molar-refractivity contribution is 0.418. The third kappa shape index (κ3) is 3.18. The van der Waals surface area contributed by atoms with Gasteiger partial charge in [-0.1, -0.05) is 42.5 Å². The maximum absolute atomic E-state index is 15.3. The quantitative estimate of drug-likeness (QED) is 0.100. The first kappa shape index (κ1) is 22.8. The second kappa shape index (κ2) is 8.04. The Morgan fingerprint density at radius 2 is 0.914 bits per heavy atom. The molecule has 0 spiro atoms. The van der Waals surface area contributed by atoms with Gasteiger partial charge in [-0.15, -0.1) is 0 Å². The Bertz CT molecular complexity index is 1650. The summed E-state index contributed by atoms with van der Waals surface area (Å²) in [6.07, 6.45) is 0. The Morgan fingerprint density at radius 1 is 0.371 bits per heavy atom. The first-order valence-electron chi connectivity index (χ1n) is 9.93. The molecule has 0 heterocycles. The molecule has 0 atom stereocenters. The highest BCUT2D eigenvalue weighted by Crippen LogP contribution is 2.48. The van der Waals surface area contributed by atoms with Crippen molar-refractivity contribution in [1.82, 2.24) is 0 Å². The monoisotopic (exact) mass is 492 g/mol. The van der Waals surface area contributed by atoms with E-state index in [0.29, 0.717) is 0 Å². The van der Waals surface area contributed by atoms with E-state index in [2.05, 4.69) is 0 Å². The molecular weight excluding hydrogens is 483 g/mol. The molecule has 5 rings (SSSR count). The van der Waals surface area contributed by atoms with Gasteiger partial charge in [0.25, 0.3) is 0 Å². The molecule has 9 heteroatoms. The van der Waals surface area contributed by atoms with Crippen molar-refractivity contribution in [2.75, 3.05) is 0 Å². The molecule has 0 aliphatic rings. The van der Waals surface area contributed by atoms with Crippen LogP contribution in [0.3, 0.4) is 0 Å². The summed E-state index contributed by atoms with van der Waals surface area (Å²) in [5, 5.41) is -3.37. The molecule has 0 amide bonds. The zero-order valence-electron chi connectivity index (χ0n) is 17.1. The zero-order valence-corrected chi connectivity index (χ0v) is 17.1. The minimum Gasteiger partial charge on any atom is -0.206 e. The Labute approximate surface area is 190 Å². The Kier molecular flexibility index (Phi) is 5.23. The van der Waals surface area contributed by atoms with Gasteiger partial charge in [0.2, 0.25) is 0 Å². The molecule has 0 aromatic heterocycles. The van der Waals surface area contributed by atoms with Crippen molar-refractivity contribution < 1.29 is 39.5 Å². The van der Waals surface area contributed by atoms with Crippen LogP contribution in [0.15, 0.2) is 54.6 Å². The van der Waals surface area contributed by atoms with E-state index in [9.17, 15) is 26.3 Å². The van der Waals surface area contributed by atoms with E-state index >= 15 is 13.2 Å². The van der Waals surface area contributed by atoms with Crippen LogP contribution in [-0.2, 0) is 0 Å². The number of hydrogen-bond acceptors (Lipinski definition) is 0. The minimum absolute atomic E-state index is 0.0929. The summed E-state index contributed by atoms with van der Waals surface area (Å²) in [7, 11) is 0. The molecule has 0 saturated carbocycles. The van der Waals surface area contributed by atoms with E-state index < -0.39 is 79.6 Å². The molecule has 0 fully saturated rings. The van der Waals surface area contributed by atoms with E-state index in [4.69, 9.17) is 0 Å². The maximum Gasteiger partial charge on any atom is 0.198 e. The highest BCUT2D eigenvalue weighted by molar-refractivity contribution is 6.22. The molecule has 5 aromatic carbocycles. The lowest BCUT2D eigenvalue weighted by atomic mass is 9.84. The summed E-state index contributed by atoms with van der Waals surface area (Å²) >= 11 is 0. The molecule has 35 heavy (non-hydrogen) atoms. The van der Waals surface area contributed by atoms with Gasteiger partial charge >= 0.3 is 0 Å². The molecule has 0 saturated heterocycles. The first-order chi connectivity index (χ1) is 16.6. The third-order valence-electron chi connectivity index (χ3n) is 5.72. The second-order valence-electron chi connectivity index (χ2n) is 7.63. The molecule has 0 aliphatic heterocycles. The van der Waals surface area contributed by atoms with Crippen LogP contribution >= 0.6 is 0 Å². The van der Waals surface area contributed by atoms with Crippen LogP contribution in [-0.4, -0.2) is 0 Å². The van der Waals surface area contributed by atoms with Crippen LogP contribution in [0.5, 0.6) is 0 Å². The first-order valence-corrected chi connectivity index (χ1v) is 9.93. The average Bonchev–Trinajstić information content (AvgIpc) is 2.85. The predicted molar refractivity (Wildman–Crippen MR) is 112 cm³/mol. The number of fused-ring (bicyclic) bond motifs is 2. The Morgan fingerprint density at radius 3 is 1.49 bits per heavy atom. The summed E-state index contributed by atoms with van der Waals surface area (Å²) in [6, 6.07) is 10.2. The van der Waals surface area contributed by atoms with Gasteiger partial charge in [-0.3, -0.25) is 0 Å². The third-order valence-corrected chi connectivity index (χ3v) is 5.72. The SMILES string of the molecule is Fc1cc(F)c(F)c(-c2c3c(F)cccc3c(-c3ccccc3)c3c(F)c(F)c(F)c(F)c23)c1F. The lowest BCUT2D eigenvalue weighted by Gasteiger charge is -2.20. The maximum atomic E-state index is 15.3. The van der Waals surface area contributed by atoms with Crippen LogP contribution in [0.4, 0.5) is 39.5 Å². The van der Waals surface area contributed by atoms with Crippen LogP contribution in [0.1, 0.15) is 0 Å². The number of rotatable bonds is 2. The van der Waals surface area contributed by atoms with E-state index in [-0.39, 0.29) is 22.6 Å². The molecule has 0 aliphatic carbocycles. The fourth-order valence-electron chi connectivity index (χ4n) is 4.29. The van der Waals surface area contributed by atoms with E-state index in [0.717, 1.165) is 18.2 Å². The normalized spacial score (nSPS) is 11.6. The summed E-state index contributed by atoms with van der Waals surface area (Å²) < 4.78 is 132. The van der Waals surface area contributed by atoms with E-state index in [1.807, 2.05) is 0 Å². The van der Waals surface area contributed by atoms with Gasteiger partial charge in [0.15, 0.2) is 46.5 Å². The van der Waals surface area contributed by atoms with Crippen LogP contribution < -0.4 is 0 Å². The minimum atomic E-state index is -2.36. The van der Waals surface area contributed by atoms with Crippen LogP contribution in [0.2, 0.25) is 0 Å². The number of hydrogen-bond donors (Lipinski definition) is 0. The van der Waals surface area contributed by atoms with Gasteiger partial charge in [-0.05, 0) is 17.0 Å².